The van der Waals surface area contributed by atoms with Crippen LogP contribution in [0.3, 0.4) is 0 Å². The Morgan fingerprint density at radius 1 is 1.30 bits per heavy atom. The van der Waals surface area contributed by atoms with Crippen molar-refractivity contribution in [3.63, 3.8) is 0 Å². The Labute approximate surface area is 144 Å². The van der Waals surface area contributed by atoms with Gasteiger partial charge in [-0.2, -0.15) is 11.8 Å². The van der Waals surface area contributed by atoms with Gasteiger partial charge in [-0.05, 0) is 37.5 Å². The lowest BCUT2D eigenvalue weighted by Gasteiger charge is -2.34. The molecule has 0 spiro atoms. The van der Waals surface area contributed by atoms with Crippen molar-refractivity contribution in [3.05, 3.63) is 30.3 Å². The minimum absolute atomic E-state index is 0.313. The number of hydrogen-bond acceptors (Lipinski definition) is 3. The molecule has 1 N–H and O–H groups in total. The maximum absolute atomic E-state index is 6.07. The second-order valence-corrected chi connectivity index (χ2v) is 6.68. The topological polar surface area (TPSA) is 36.9 Å². The molecule has 0 amide bonds. The van der Waals surface area contributed by atoms with Crippen LogP contribution >= 0.6 is 11.8 Å². The van der Waals surface area contributed by atoms with Gasteiger partial charge in [-0.3, -0.25) is 4.99 Å². The molecule has 0 atom stereocenters. The highest BCUT2D eigenvalue weighted by Gasteiger charge is 2.22. The Morgan fingerprint density at radius 3 is 2.70 bits per heavy atom. The van der Waals surface area contributed by atoms with Crippen molar-refractivity contribution in [3.8, 4) is 5.75 Å². The molecule has 0 unspecified atom stereocenters. The van der Waals surface area contributed by atoms with Crippen molar-refractivity contribution in [1.82, 2.24) is 10.2 Å². The quantitative estimate of drug-likeness (QED) is 0.471. The average molecular weight is 336 g/mol. The van der Waals surface area contributed by atoms with Crippen LogP contribution in [0.4, 0.5) is 0 Å². The summed E-state index contributed by atoms with van der Waals surface area (Å²) in [5.74, 6) is 3.21. The summed E-state index contributed by atoms with van der Waals surface area (Å²) in [6, 6.07) is 10.1. The molecule has 0 radical (unpaired) electrons. The predicted molar refractivity (Wildman–Crippen MR) is 101 cm³/mol. The highest BCUT2D eigenvalue weighted by molar-refractivity contribution is 7.98. The third-order valence-corrected chi connectivity index (χ3v) is 4.59. The van der Waals surface area contributed by atoms with Gasteiger partial charge in [-0.25, -0.2) is 0 Å². The van der Waals surface area contributed by atoms with Crippen LogP contribution in [0.5, 0.6) is 5.75 Å². The molecule has 4 nitrogen and oxygen atoms in total. The van der Waals surface area contributed by atoms with E-state index in [0.717, 1.165) is 57.2 Å². The van der Waals surface area contributed by atoms with Gasteiger partial charge in [0.25, 0.3) is 0 Å². The molecule has 0 aromatic heterocycles. The van der Waals surface area contributed by atoms with Crippen molar-refractivity contribution in [1.29, 1.82) is 0 Å². The first-order chi connectivity index (χ1) is 11.3. The van der Waals surface area contributed by atoms with Crippen molar-refractivity contribution in [2.24, 2.45) is 4.99 Å². The molecule has 0 saturated carbocycles. The molecule has 5 heteroatoms. The van der Waals surface area contributed by atoms with Crippen LogP contribution in [-0.4, -0.2) is 55.2 Å². The molecule has 128 valence electrons. The SMILES string of the molecule is CCNC(=NCCCSC)N1CCC(Oc2ccccc2)CC1. The smallest absolute Gasteiger partial charge is 0.193 e. The fraction of sp³-hybridized carbons (Fsp3) is 0.611. The van der Waals surface area contributed by atoms with Gasteiger partial charge in [-0.1, -0.05) is 18.2 Å². The number of rotatable bonds is 7. The number of benzene rings is 1. The number of thioether (sulfide) groups is 1. The lowest BCUT2D eigenvalue weighted by Crippen LogP contribution is -2.47. The largest absolute Gasteiger partial charge is 0.490 e. The zero-order valence-corrected chi connectivity index (χ0v) is 15.1. The molecular weight excluding hydrogens is 306 g/mol. The first-order valence-corrected chi connectivity index (χ1v) is 9.96. The van der Waals surface area contributed by atoms with Crippen LogP contribution in [0.1, 0.15) is 26.2 Å². The summed E-state index contributed by atoms with van der Waals surface area (Å²) in [7, 11) is 0. The van der Waals surface area contributed by atoms with Gasteiger partial charge in [-0.15, -0.1) is 0 Å². The summed E-state index contributed by atoms with van der Waals surface area (Å²) in [6.07, 6.45) is 5.69. The number of para-hydroxylation sites is 1. The van der Waals surface area contributed by atoms with Crippen molar-refractivity contribution in [2.45, 2.75) is 32.3 Å². The Balaban J connectivity index is 1.80. The number of nitrogens with zero attached hydrogens (tertiary/aromatic N) is 2. The van der Waals surface area contributed by atoms with E-state index < -0.39 is 0 Å². The summed E-state index contributed by atoms with van der Waals surface area (Å²) in [6.45, 7) is 5.96. The Morgan fingerprint density at radius 2 is 2.04 bits per heavy atom. The number of piperidine rings is 1. The van der Waals surface area contributed by atoms with E-state index in [1.165, 1.54) is 5.75 Å². The molecule has 1 aliphatic rings. The monoisotopic (exact) mass is 335 g/mol. The lowest BCUT2D eigenvalue weighted by molar-refractivity contribution is 0.129. The molecule has 23 heavy (non-hydrogen) atoms. The molecule has 2 rings (SSSR count). The van der Waals surface area contributed by atoms with Gasteiger partial charge in [0.2, 0.25) is 0 Å². The molecule has 1 saturated heterocycles. The Bertz CT molecular complexity index is 459. The number of guanidine groups is 1. The maximum Gasteiger partial charge on any atom is 0.193 e. The van der Waals surface area contributed by atoms with Gasteiger partial charge >= 0.3 is 0 Å². The number of likely N-dealkylation sites (tertiary alicyclic amines) is 1. The minimum Gasteiger partial charge on any atom is -0.490 e. The Kier molecular flexibility index (Phi) is 8.15. The molecule has 1 aliphatic heterocycles. The van der Waals surface area contributed by atoms with E-state index in [1.807, 2.05) is 42.1 Å². The summed E-state index contributed by atoms with van der Waals surface area (Å²) in [5.41, 5.74) is 0. The third-order valence-electron chi connectivity index (χ3n) is 3.89. The van der Waals surface area contributed by atoms with E-state index in [-0.39, 0.29) is 0 Å². The molecule has 0 aliphatic carbocycles. The summed E-state index contributed by atoms with van der Waals surface area (Å²) < 4.78 is 6.07. The van der Waals surface area contributed by atoms with Crippen LogP contribution < -0.4 is 10.1 Å². The van der Waals surface area contributed by atoms with Gasteiger partial charge < -0.3 is 15.0 Å². The third kappa shape index (κ3) is 6.34. The molecule has 1 aromatic carbocycles. The molecule has 0 bridgehead atoms. The summed E-state index contributed by atoms with van der Waals surface area (Å²) in [5, 5.41) is 3.42. The number of ether oxygens (including phenoxy) is 1. The van der Waals surface area contributed by atoms with Crippen molar-refractivity contribution in [2.75, 3.05) is 38.2 Å². The van der Waals surface area contributed by atoms with Gasteiger partial charge in [0, 0.05) is 39.0 Å². The normalized spacial score (nSPS) is 16.4. The van der Waals surface area contributed by atoms with Crippen LogP contribution in [0.25, 0.3) is 0 Å². The van der Waals surface area contributed by atoms with Gasteiger partial charge in [0.1, 0.15) is 11.9 Å². The van der Waals surface area contributed by atoms with Crippen molar-refractivity contribution >= 4 is 17.7 Å². The van der Waals surface area contributed by atoms with Crippen molar-refractivity contribution < 1.29 is 4.74 Å². The first-order valence-electron chi connectivity index (χ1n) is 8.57. The molecule has 1 heterocycles. The molecule has 1 aromatic rings. The highest BCUT2D eigenvalue weighted by atomic mass is 32.2. The van der Waals surface area contributed by atoms with E-state index in [0.29, 0.717) is 6.10 Å². The summed E-state index contributed by atoms with van der Waals surface area (Å²) in [4.78, 5) is 7.13. The second kappa shape index (κ2) is 10.4. The zero-order chi connectivity index (χ0) is 16.3. The van der Waals surface area contributed by atoms with Crippen LogP contribution in [0.15, 0.2) is 35.3 Å². The standard InChI is InChI=1S/C18H29N3OS/c1-3-19-18(20-12-7-15-23-2)21-13-10-17(11-14-21)22-16-8-5-4-6-9-16/h4-6,8-9,17H,3,7,10-15H2,1-2H3,(H,19,20). The van der Waals surface area contributed by atoms with E-state index in [2.05, 4.69) is 23.4 Å². The number of nitrogens with one attached hydrogen (secondary N) is 1. The second-order valence-electron chi connectivity index (χ2n) is 5.70. The molecule has 1 fully saturated rings. The van der Waals surface area contributed by atoms with E-state index >= 15 is 0 Å². The van der Waals surface area contributed by atoms with E-state index in [9.17, 15) is 0 Å². The average Bonchev–Trinajstić information content (AvgIpc) is 2.59. The molecular formula is C18H29N3OS. The Hall–Kier alpha value is -1.36. The zero-order valence-electron chi connectivity index (χ0n) is 14.3. The van der Waals surface area contributed by atoms with Crippen LogP contribution in [0, 0.1) is 0 Å². The van der Waals surface area contributed by atoms with Crippen LogP contribution in [-0.2, 0) is 0 Å². The predicted octanol–water partition coefficient (Wildman–Crippen LogP) is 3.25. The lowest BCUT2D eigenvalue weighted by atomic mass is 10.1. The number of hydrogen-bond donors (Lipinski definition) is 1. The van der Waals surface area contributed by atoms with E-state index in [4.69, 9.17) is 9.73 Å². The highest BCUT2D eigenvalue weighted by Crippen LogP contribution is 2.18. The fourth-order valence-electron chi connectivity index (χ4n) is 2.70. The first kappa shape index (κ1) is 18.0. The number of aliphatic imine (C=N–C) groups is 1. The van der Waals surface area contributed by atoms with Crippen LogP contribution in [0.2, 0.25) is 0 Å². The minimum atomic E-state index is 0.313. The summed E-state index contributed by atoms with van der Waals surface area (Å²) >= 11 is 1.88. The van der Waals surface area contributed by atoms with E-state index in [1.54, 1.807) is 0 Å². The maximum atomic E-state index is 6.07. The van der Waals surface area contributed by atoms with Gasteiger partial charge in [0.15, 0.2) is 5.96 Å². The van der Waals surface area contributed by atoms with Gasteiger partial charge in [0.05, 0.1) is 0 Å². The fourth-order valence-corrected chi connectivity index (χ4v) is 3.11.